The van der Waals surface area contributed by atoms with Gasteiger partial charge in [-0.2, -0.15) is 5.10 Å². The van der Waals surface area contributed by atoms with Gasteiger partial charge < -0.3 is 5.32 Å². The van der Waals surface area contributed by atoms with Crippen LogP contribution >= 0.6 is 11.6 Å². The van der Waals surface area contributed by atoms with E-state index in [9.17, 15) is 4.39 Å². The van der Waals surface area contributed by atoms with E-state index in [2.05, 4.69) is 10.4 Å². The molecule has 0 aliphatic carbocycles. The van der Waals surface area contributed by atoms with Crippen LogP contribution in [-0.2, 0) is 13.1 Å². The van der Waals surface area contributed by atoms with Crippen molar-refractivity contribution in [3.05, 3.63) is 52.6 Å². The van der Waals surface area contributed by atoms with E-state index in [1.165, 1.54) is 6.07 Å². The molecule has 0 saturated carbocycles. The summed E-state index contributed by atoms with van der Waals surface area (Å²) in [7, 11) is 1.85. The first-order valence-corrected chi connectivity index (χ1v) is 5.68. The van der Waals surface area contributed by atoms with E-state index in [4.69, 9.17) is 11.6 Å². The van der Waals surface area contributed by atoms with Crippen LogP contribution < -0.4 is 5.32 Å². The van der Waals surface area contributed by atoms with E-state index in [0.29, 0.717) is 23.7 Å². The van der Waals surface area contributed by atoms with Crippen LogP contribution in [0.3, 0.4) is 0 Å². The average molecular weight is 254 g/mol. The minimum Gasteiger partial charge on any atom is -0.314 e. The molecule has 0 spiro atoms. The highest BCUT2D eigenvalue weighted by Crippen LogP contribution is 2.20. The van der Waals surface area contributed by atoms with Crippen LogP contribution in [0.15, 0.2) is 30.5 Å². The van der Waals surface area contributed by atoms with Gasteiger partial charge in [-0.3, -0.25) is 4.68 Å². The Bertz CT molecular complexity index is 490. The van der Waals surface area contributed by atoms with Crippen molar-refractivity contribution in [1.82, 2.24) is 15.1 Å². The minimum absolute atomic E-state index is 0.302. The third kappa shape index (κ3) is 2.65. The molecule has 1 heterocycles. The summed E-state index contributed by atoms with van der Waals surface area (Å²) in [5.74, 6) is -0.302. The molecular formula is C12H13ClFN3. The first-order chi connectivity index (χ1) is 8.22. The molecule has 1 aromatic heterocycles. The Labute approximate surface area is 104 Å². The summed E-state index contributed by atoms with van der Waals surface area (Å²) >= 11 is 5.98. The molecule has 0 fully saturated rings. The number of benzene rings is 1. The van der Waals surface area contributed by atoms with Gasteiger partial charge in [0.1, 0.15) is 5.82 Å². The summed E-state index contributed by atoms with van der Waals surface area (Å²) in [6.45, 7) is 1.03. The van der Waals surface area contributed by atoms with Gasteiger partial charge in [0.2, 0.25) is 0 Å². The number of halogens is 2. The van der Waals surface area contributed by atoms with E-state index in [1.807, 2.05) is 13.1 Å². The Morgan fingerprint density at radius 1 is 1.41 bits per heavy atom. The van der Waals surface area contributed by atoms with E-state index in [1.54, 1.807) is 23.0 Å². The lowest BCUT2D eigenvalue weighted by atomic mass is 10.2. The normalized spacial score (nSPS) is 10.8. The molecule has 1 N–H and O–H groups in total. The zero-order valence-corrected chi connectivity index (χ0v) is 10.2. The van der Waals surface area contributed by atoms with E-state index < -0.39 is 0 Å². The third-order valence-electron chi connectivity index (χ3n) is 2.53. The molecule has 17 heavy (non-hydrogen) atoms. The molecule has 0 amide bonds. The fraction of sp³-hybridized carbons (Fsp3) is 0.250. The number of nitrogens with one attached hydrogen (secondary N) is 1. The Morgan fingerprint density at radius 2 is 2.24 bits per heavy atom. The van der Waals surface area contributed by atoms with Crippen molar-refractivity contribution in [2.45, 2.75) is 13.1 Å². The molecule has 0 bridgehead atoms. The second-order valence-corrected chi connectivity index (χ2v) is 4.12. The number of hydrogen-bond donors (Lipinski definition) is 1. The maximum absolute atomic E-state index is 13.6. The fourth-order valence-corrected chi connectivity index (χ4v) is 1.89. The second kappa shape index (κ2) is 5.29. The van der Waals surface area contributed by atoms with Crippen molar-refractivity contribution in [1.29, 1.82) is 0 Å². The Balaban J connectivity index is 2.28. The third-order valence-corrected chi connectivity index (χ3v) is 2.89. The van der Waals surface area contributed by atoms with Crippen LogP contribution in [0, 0.1) is 5.82 Å². The predicted octanol–water partition coefficient (Wildman–Crippen LogP) is 2.44. The van der Waals surface area contributed by atoms with Gasteiger partial charge in [0.15, 0.2) is 0 Å². The first-order valence-electron chi connectivity index (χ1n) is 5.30. The van der Waals surface area contributed by atoms with Crippen LogP contribution in [0.25, 0.3) is 0 Å². The summed E-state index contributed by atoms with van der Waals surface area (Å²) < 4.78 is 15.4. The van der Waals surface area contributed by atoms with Gasteiger partial charge in [-0.05, 0) is 25.2 Å². The molecule has 2 aromatic rings. The second-order valence-electron chi connectivity index (χ2n) is 3.71. The lowest BCUT2D eigenvalue weighted by molar-refractivity contribution is 0.569. The first kappa shape index (κ1) is 12.1. The highest BCUT2D eigenvalue weighted by Gasteiger charge is 2.09. The van der Waals surface area contributed by atoms with E-state index in [0.717, 1.165) is 5.69 Å². The largest absolute Gasteiger partial charge is 0.314 e. The number of nitrogens with zero attached hydrogens (tertiary/aromatic N) is 2. The summed E-state index contributed by atoms with van der Waals surface area (Å²) in [6, 6.07) is 6.58. The van der Waals surface area contributed by atoms with Crippen LogP contribution in [0.2, 0.25) is 5.02 Å². The van der Waals surface area contributed by atoms with Crippen LogP contribution in [0.4, 0.5) is 4.39 Å². The zero-order valence-electron chi connectivity index (χ0n) is 9.45. The average Bonchev–Trinajstić information content (AvgIpc) is 2.72. The molecule has 0 aliphatic rings. The van der Waals surface area contributed by atoms with Crippen LogP contribution in [-0.4, -0.2) is 16.8 Å². The molecule has 3 nitrogen and oxygen atoms in total. The molecular weight excluding hydrogens is 241 g/mol. The highest BCUT2D eigenvalue weighted by molar-refractivity contribution is 6.31. The molecule has 2 rings (SSSR count). The van der Waals surface area contributed by atoms with Gasteiger partial charge in [0.25, 0.3) is 0 Å². The van der Waals surface area contributed by atoms with Gasteiger partial charge in [-0.1, -0.05) is 17.7 Å². The number of rotatable bonds is 4. The SMILES string of the molecule is CNCc1ccnn1Cc1c(F)cccc1Cl. The Morgan fingerprint density at radius 3 is 2.94 bits per heavy atom. The zero-order chi connectivity index (χ0) is 12.3. The summed E-state index contributed by atoms with van der Waals surface area (Å²) in [4.78, 5) is 0. The molecule has 0 radical (unpaired) electrons. The van der Waals surface area contributed by atoms with E-state index >= 15 is 0 Å². The molecule has 90 valence electrons. The Kier molecular flexibility index (Phi) is 3.76. The van der Waals surface area contributed by atoms with Gasteiger partial charge in [0.05, 0.1) is 12.2 Å². The van der Waals surface area contributed by atoms with Crippen LogP contribution in [0.5, 0.6) is 0 Å². The standard InChI is InChI=1S/C12H13ClFN3/c1-15-7-9-5-6-16-17(9)8-10-11(13)3-2-4-12(10)14/h2-6,15H,7-8H2,1H3. The fourth-order valence-electron chi connectivity index (χ4n) is 1.67. The quantitative estimate of drug-likeness (QED) is 0.907. The number of aromatic nitrogens is 2. The monoisotopic (exact) mass is 253 g/mol. The molecule has 0 unspecified atom stereocenters. The van der Waals surface area contributed by atoms with Crippen LogP contribution in [0.1, 0.15) is 11.3 Å². The molecule has 5 heteroatoms. The Hall–Kier alpha value is -1.39. The number of hydrogen-bond acceptors (Lipinski definition) is 2. The van der Waals surface area contributed by atoms with Crippen molar-refractivity contribution in [3.8, 4) is 0 Å². The minimum atomic E-state index is -0.302. The maximum Gasteiger partial charge on any atom is 0.129 e. The summed E-state index contributed by atoms with van der Waals surface area (Å²) in [5, 5.41) is 7.63. The topological polar surface area (TPSA) is 29.9 Å². The van der Waals surface area contributed by atoms with Crippen molar-refractivity contribution in [2.24, 2.45) is 0 Å². The highest BCUT2D eigenvalue weighted by atomic mass is 35.5. The van der Waals surface area contributed by atoms with Gasteiger partial charge >= 0.3 is 0 Å². The van der Waals surface area contributed by atoms with Crippen molar-refractivity contribution in [3.63, 3.8) is 0 Å². The summed E-state index contributed by atoms with van der Waals surface area (Å²) in [6.07, 6.45) is 1.70. The molecule has 0 saturated heterocycles. The van der Waals surface area contributed by atoms with Gasteiger partial charge in [0, 0.05) is 23.3 Å². The smallest absolute Gasteiger partial charge is 0.129 e. The van der Waals surface area contributed by atoms with Gasteiger partial charge in [-0.25, -0.2) is 4.39 Å². The molecule has 0 aliphatic heterocycles. The lowest BCUT2D eigenvalue weighted by Crippen LogP contribution is -2.13. The molecule has 1 aromatic carbocycles. The summed E-state index contributed by atoms with van der Waals surface area (Å²) in [5.41, 5.74) is 1.46. The van der Waals surface area contributed by atoms with Crippen molar-refractivity contribution < 1.29 is 4.39 Å². The molecule has 0 atom stereocenters. The predicted molar refractivity (Wildman–Crippen MR) is 65.5 cm³/mol. The van der Waals surface area contributed by atoms with E-state index in [-0.39, 0.29) is 5.82 Å². The van der Waals surface area contributed by atoms with Gasteiger partial charge in [-0.15, -0.1) is 0 Å². The lowest BCUT2D eigenvalue weighted by Gasteiger charge is -2.09. The van der Waals surface area contributed by atoms with Crippen molar-refractivity contribution in [2.75, 3.05) is 7.05 Å². The maximum atomic E-state index is 13.6. The van der Waals surface area contributed by atoms with Crippen molar-refractivity contribution >= 4 is 11.6 Å².